The van der Waals surface area contributed by atoms with E-state index in [4.69, 9.17) is 9.47 Å². The van der Waals surface area contributed by atoms with Gasteiger partial charge in [0.05, 0.1) is 25.0 Å². The zero-order valence-corrected chi connectivity index (χ0v) is 15.9. The van der Waals surface area contributed by atoms with E-state index < -0.39 is 11.2 Å². The van der Waals surface area contributed by atoms with Gasteiger partial charge in [0.15, 0.2) is 0 Å². The summed E-state index contributed by atoms with van der Waals surface area (Å²) in [5, 5.41) is 7.89. The van der Waals surface area contributed by atoms with Crippen LogP contribution in [0.1, 0.15) is 58.8 Å². The van der Waals surface area contributed by atoms with Crippen molar-refractivity contribution in [2.75, 3.05) is 0 Å². The molecule has 148 valence electrons. The molecule has 2 amide bonds. The lowest BCUT2D eigenvalue weighted by Crippen LogP contribution is -2.32. The summed E-state index contributed by atoms with van der Waals surface area (Å²) in [6, 6.07) is 0. The maximum absolute atomic E-state index is 11.8. The van der Waals surface area contributed by atoms with Gasteiger partial charge < -0.3 is 9.47 Å². The van der Waals surface area contributed by atoms with Gasteiger partial charge in [0, 0.05) is 12.8 Å². The predicted octanol–water partition coefficient (Wildman–Crippen LogP) is 2.53. The molecule has 2 aliphatic heterocycles. The lowest BCUT2D eigenvalue weighted by Gasteiger charge is -2.26. The number of nitrogens with one attached hydrogen (secondary N) is 2. The van der Waals surface area contributed by atoms with Gasteiger partial charge in [-0.05, 0) is 58.1 Å². The molecular formula is C19H28N4O4. The van der Waals surface area contributed by atoms with Gasteiger partial charge in [0.2, 0.25) is 11.8 Å². The molecule has 0 aliphatic carbocycles. The summed E-state index contributed by atoms with van der Waals surface area (Å²) in [5.41, 5.74) is 3.94. The van der Waals surface area contributed by atoms with Gasteiger partial charge in [-0.2, -0.15) is 10.2 Å². The summed E-state index contributed by atoms with van der Waals surface area (Å²) < 4.78 is 11.0. The number of carbonyl (C=O) groups is 2. The molecule has 0 aromatic carbocycles. The Kier molecular flexibility index (Phi) is 7.57. The van der Waals surface area contributed by atoms with E-state index in [1.807, 2.05) is 26.0 Å². The molecule has 2 heterocycles. The van der Waals surface area contributed by atoms with Crippen LogP contribution in [0.5, 0.6) is 0 Å². The van der Waals surface area contributed by atoms with Crippen molar-refractivity contribution in [1.82, 2.24) is 10.9 Å². The van der Waals surface area contributed by atoms with Crippen molar-refractivity contribution in [1.29, 1.82) is 0 Å². The molecule has 2 N–H and O–H groups in total. The van der Waals surface area contributed by atoms with E-state index in [-0.39, 0.29) is 24.7 Å². The van der Waals surface area contributed by atoms with E-state index in [1.54, 1.807) is 25.0 Å². The summed E-state index contributed by atoms with van der Waals surface area (Å²) in [6.45, 7) is 3.82. The number of nitrogens with zero attached hydrogens (tertiary/aromatic N) is 2. The zero-order chi connectivity index (χ0) is 19.6. The van der Waals surface area contributed by atoms with Gasteiger partial charge in [-0.3, -0.25) is 9.59 Å². The Morgan fingerprint density at radius 2 is 1.37 bits per heavy atom. The normalized spacial score (nSPS) is 27.3. The fraction of sp³-hybridized carbons (Fsp3) is 0.579. The number of allylic oxidation sites excluding steroid dienone is 2. The number of hydrogen-bond donors (Lipinski definition) is 2. The Hall–Kier alpha value is -2.64. The van der Waals surface area contributed by atoms with Crippen molar-refractivity contribution in [3.05, 3.63) is 24.7 Å². The average Bonchev–Trinajstić information content (AvgIpc) is 2.62. The number of rotatable bonds is 8. The molecule has 0 saturated carbocycles. The number of hydrogen-bond acceptors (Lipinski definition) is 6. The molecule has 8 heteroatoms. The van der Waals surface area contributed by atoms with Crippen molar-refractivity contribution in [2.45, 2.75) is 70.0 Å². The minimum absolute atomic E-state index is 0.206. The molecule has 0 bridgehead atoms. The van der Waals surface area contributed by atoms with Crippen LogP contribution in [0.25, 0.3) is 0 Å². The molecule has 8 nitrogen and oxygen atoms in total. The first-order valence-corrected chi connectivity index (χ1v) is 9.23. The van der Waals surface area contributed by atoms with E-state index in [9.17, 15) is 9.59 Å². The number of carbonyl (C=O) groups excluding carboxylic acids is 2. The molecule has 2 unspecified atom stereocenters. The monoisotopic (exact) mass is 376 g/mol. The first-order chi connectivity index (χ1) is 12.9. The summed E-state index contributed by atoms with van der Waals surface area (Å²) in [4.78, 5) is 23.5. The Bertz CT molecular complexity index is 590. The highest BCUT2D eigenvalue weighted by atomic mass is 16.5. The highest BCUT2D eigenvalue weighted by Crippen LogP contribution is 2.21. The SMILES string of the molecule is CC1(/C=N\NC(=O)CCCC(=O)N/N=C/C2(C)CCC=CO2)CCC=CO1. The quantitative estimate of drug-likeness (QED) is 0.502. The van der Waals surface area contributed by atoms with Crippen LogP contribution in [0, 0.1) is 0 Å². The first kappa shape index (κ1) is 20.7. The molecule has 2 aliphatic rings. The molecule has 0 saturated heterocycles. The molecule has 2 rings (SSSR count). The maximum atomic E-state index is 11.8. The Morgan fingerprint density at radius 3 is 1.74 bits per heavy atom. The number of hydrazone groups is 2. The van der Waals surface area contributed by atoms with Crippen LogP contribution in [0.3, 0.4) is 0 Å². The van der Waals surface area contributed by atoms with Crippen molar-refractivity contribution >= 4 is 24.2 Å². The maximum Gasteiger partial charge on any atom is 0.240 e. The standard InChI is InChI=1S/C19H28N4O4/c1-18(10-3-5-12-26-18)14-20-22-16(24)8-7-9-17(25)23-21-15-19(2)11-4-6-13-27-19/h5-6,12-15H,3-4,7-11H2,1-2H3,(H,22,24)(H,23,25)/b20-14-,21-15+. The van der Waals surface area contributed by atoms with Crippen molar-refractivity contribution in [3.8, 4) is 0 Å². The van der Waals surface area contributed by atoms with Crippen LogP contribution in [0.15, 0.2) is 34.9 Å². The minimum atomic E-state index is -0.492. The largest absolute Gasteiger partial charge is 0.490 e. The van der Waals surface area contributed by atoms with E-state index in [0.717, 1.165) is 25.7 Å². The van der Waals surface area contributed by atoms with Crippen LogP contribution in [-0.4, -0.2) is 35.4 Å². The second kappa shape index (κ2) is 9.89. The smallest absolute Gasteiger partial charge is 0.240 e. The molecule has 0 spiro atoms. The topological polar surface area (TPSA) is 101 Å². The fourth-order valence-electron chi connectivity index (χ4n) is 2.59. The van der Waals surface area contributed by atoms with Gasteiger partial charge in [-0.1, -0.05) is 0 Å². The van der Waals surface area contributed by atoms with E-state index in [0.29, 0.717) is 6.42 Å². The third kappa shape index (κ3) is 7.64. The second-order valence-corrected chi connectivity index (χ2v) is 7.12. The van der Waals surface area contributed by atoms with Crippen LogP contribution in [0.4, 0.5) is 0 Å². The second-order valence-electron chi connectivity index (χ2n) is 7.12. The Labute approximate surface area is 159 Å². The van der Waals surface area contributed by atoms with Crippen LogP contribution < -0.4 is 10.9 Å². The highest BCUT2D eigenvalue weighted by Gasteiger charge is 2.24. The highest BCUT2D eigenvalue weighted by molar-refractivity contribution is 5.80. The van der Waals surface area contributed by atoms with Gasteiger partial charge in [0.25, 0.3) is 0 Å². The van der Waals surface area contributed by atoms with Gasteiger partial charge >= 0.3 is 0 Å². The molecule has 27 heavy (non-hydrogen) atoms. The van der Waals surface area contributed by atoms with Gasteiger partial charge in [0.1, 0.15) is 11.2 Å². The third-order valence-electron chi connectivity index (χ3n) is 4.34. The Balaban J connectivity index is 1.59. The minimum Gasteiger partial charge on any atom is -0.490 e. The summed E-state index contributed by atoms with van der Waals surface area (Å²) in [6.07, 6.45) is 14.7. The lowest BCUT2D eigenvalue weighted by molar-refractivity contribution is -0.122. The van der Waals surface area contributed by atoms with Crippen molar-refractivity contribution < 1.29 is 19.1 Å². The van der Waals surface area contributed by atoms with Crippen molar-refractivity contribution in [2.24, 2.45) is 10.2 Å². The predicted molar refractivity (Wildman–Crippen MR) is 103 cm³/mol. The van der Waals surface area contributed by atoms with Crippen LogP contribution in [-0.2, 0) is 19.1 Å². The van der Waals surface area contributed by atoms with E-state index >= 15 is 0 Å². The molecule has 0 radical (unpaired) electrons. The molecule has 2 atom stereocenters. The molecular weight excluding hydrogens is 348 g/mol. The summed E-state index contributed by atoms with van der Waals surface area (Å²) in [5.74, 6) is -0.486. The average molecular weight is 376 g/mol. The molecule has 0 aromatic rings. The number of ether oxygens (including phenoxy) is 2. The molecule has 0 aromatic heterocycles. The summed E-state index contributed by atoms with van der Waals surface area (Å²) >= 11 is 0. The van der Waals surface area contributed by atoms with Crippen molar-refractivity contribution in [3.63, 3.8) is 0 Å². The van der Waals surface area contributed by atoms with Gasteiger partial charge in [-0.15, -0.1) is 0 Å². The fourth-order valence-corrected chi connectivity index (χ4v) is 2.59. The third-order valence-corrected chi connectivity index (χ3v) is 4.34. The van der Waals surface area contributed by atoms with E-state index in [1.165, 1.54) is 0 Å². The Morgan fingerprint density at radius 1 is 0.926 bits per heavy atom. The number of amides is 2. The summed E-state index contributed by atoms with van der Waals surface area (Å²) in [7, 11) is 0. The van der Waals surface area contributed by atoms with Crippen LogP contribution in [0.2, 0.25) is 0 Å². The van der Waals surface area contributed by atoms with Crippen LogP contribution >= 0.6 is 0 Å². The first-order valence-electron chi connectivity index (χ1n) is 9.23. The lowest BCUT2D eigenvalue weighted by atomic mass is 10.00. The zero-order valence-electron chi connectivity index (χ0n) is 15.9. The van der Waals surface area contributed by atoms with Gasteiger partial charge in [-0.25, -0.2) is 10.9 Å². The molecule has 0 fully saturated rings. The van der Waals surface area contributed by atoms with E-state index in [2.05, 4.69) is 21.1 Å².